The molecule has 2 atom stereocenters. The Balaban J connectivity index is 1.58. The van der Waals surface area contributed by atoms with Crippen molar-refractivity contribution in [3.8, 4) is 0 Å². The fourth-order valence-corrected chi connectivity index (χ4v) is 4.74. The Kier molecular flexibility index (Phi) is 3.95. The third kappa shape index (κ3) is 2.59. The van der Waals surface area contributed by atoms with Crippen LogP contribution in [0.1, 0.15) is 35.2 Å². The summed E-state index contributed by atoms with van der Waals surface area (Å²) in [6, 6.07) is 5.48. The molecular weight excluding hydrogens is 318 g/mol. The van der Waals surface area contributed by atoms with E-state index in [1.165, 1.54) is 0 Å². The molecule has 3 amide bonds. The summed E-state index contributed by atoms with van der Waals surface area (Å²) in [5.41, 5.74) is 2.31. The van der Waals surface area contributed by atoms with Crippen LogP contribution < -0.4 is 10.2 Å². The molecule has 0 bridgehead atoms. The molecule has 1 saturated carbocycles. The molecule has 1 aromatic rings. The minimum absolute atomic E-state index is 0.00285. The number of urea groups is 1. The van der Waals surface area contributed by atoms with E-state index in [4.69, 9.17) is 0 Å². The highest BCUT2D eigenvalue weighted by molar-refractivity contribution is 5.99. The zero-order valence-corrected chi connectivity index (χ0v) is 14.6. The molecule has 0 unspecified atom stereocenters. The summed E-state index contributed by atoms with van der Waals surface area (Å²) in [5.74, 6) is 0.416. The van der Waals surface area contributed by atoms with Gasteiger partial charge >= 0.3 is 6.03 Å². The number of aliphatic hydroxyl groups excluding tert-OH is 1. The van der Waals surface area contributed by atoms with Gasteiger partial charge in [-0.3, -0.25) is 9.69 Å². The van der Waals surface area contributed by atoms with E-state index in [2.05, 4.69) is 5.32 Å². The normalized spacial score (nSPS) is 28.4. The molecule has 0 spiro atoms. The second-order valence-corrected chi connectivity index (χ2v) is 7.68. The fourth-order valence-electron chi connectivity index (χ4n) is 4.74. The summed E-state index contributed by atoms with van der Waals surface area (Å²) >= 11 is 0. The third-order valence-corrected chi connectivity index (χ3v) is 6.25. The lowest BCUT2D eigenvalue weighted by molar-refractivity contribution is 0.0734. The lowest BCUT2D eigenvalue weighted by Crippen LogP contribution is -2.34. The smallest absolute Gasteiger partial charge is 0.322 e. The molecule has 6 nitrogen and oxygen atoms in total. The van der Waals surface area contributed by atoms with Gasteiger partial charge in [0.2, 0.25) is 0 Å². The molecule has 2 saturated heterocycles. The quantitative estimate of drug-likeness (QED) is 0.878. The van der Waals surface area contributed by atoms with Crippen molar-refractivity contribution in [2.24, 2.45) is 11.3 Å². The Morgan fingerprint density at radius 3 is 2.96 bits per heavy atom. The number of hydrogen-bond donors (Lipinski definition) is 2. The molecule has 4 rings (SSSR count). The molecule has 3 aliphatic rings. The monoisotopic (exact) mass is 343 g/mol. The second kappa shape index (κ2) is 6.02. The van der Waals surface area contributed by atoms with Gasteiger partial charge in [-0.2, -0.15) is 0 Å². The van der Waals surface area contributed by atoms with E-state index < -0.39 is 0 Å². The third-order valence-electron chi connectivity index (χ3n) is 6.25. The largest absolute Gasteiger partial charge is 0.396 e. The fraction of sp³-hybridized carbons (Fsp3) is 0.579. The van der Waals surface area contributed by atoms with Crippen LogP contribution in [0.4, 0.5) is 10.5 Å². The first-order valence-electron chi connectivity index (χ1n) is 9.10. The number of fused-ring (bicyclic) bond motifs is 1. The van der Waals surface area contributed by atoms with E-state index in [0.29, 0.717) is 31.1 Å². The summed E-state index contributed by atoms with van der Waals surface area (Å²) < 4.78 is 0. The molecular formula is C19H25N3O3. The van der Waals surface area contributed by atoms with E-state index in [9.17, 15) is 14.7 Å². The highest BCUT2D eigenvalue weighted by atomic mass is 16.3. The first-order chi connectivity index (χ1) is 12.0. The summed E-state index contributed by atoms with van der Waals surface area (Å²) in [7, 11) is 0. The molecule has 0 radical (unpaired) electrons. The maximum atomic E-state index is 13.0. The Morgan fingerprint density at radius 2 is 2.28 bits per heavy atom. The number of carbonyl (C=O) groups is 2. The van der Waals surface area contributed by atoms with E-state index in [-0.39, 0.29) is 24.0 Å². The minimum atomic E-state index is -0.109. The van der Waals surface area contributed by atoms with Crippen LogP contribution in [0.5, 0.6) is 0 Å². The van der Waals surface area contributed by atoms with Crippen LogP contribution in [0.25, 0.3) is 0 Å². The number of nitrogens with one attached hydrogen (secondary N) is 1. The van der Waals surface area contributed by atoms with Crippen LogP contribution in [-0.4, -0.2) is 54.7 Å². The number of carbonyl (C=O) groups excluding carboxylic acids is 2. The Labute approximate surface area is 147 Å². The van der Waals surface area contributed by atoms with Crippen LogP contribution >= 0.6 is 0 Å². The van der Waals surface area contributed by atoms with Crippen LogP contribution in [0.15, 0.2) is 18.2 Å². The van der Waals surface area contributed by atoms with Crippen LogP contribution in [0.2, 0.25) is 0 Å². The first kappa shape index (κ1) is 16.4. The highest BCUT2D eigenvalue weighted by Gasteiger charge is 2.50. The van der Waals surface area contributed by atoms with Gasteiger partial charge in [-0.15, -0.1) is 0 Å². The van der Waals surface area contributed by atoms with Crippen molar-refractivity contribution in [1.82, 2.24) is 10.2 Å². The molecule has 25 heavy (non-hydrogen) atoms. The average molecular weight is 343 g/mol. The highest BCUT2D eigenvalue weighted by Crippen LogP contribution is 2.48. The van der Waals surface area contributed by atoms with Crippen LogP contribution in [0.3, 0.4) is 0 Å². The Morgan fingerprint density at radius 1 is 1.44 bits per heavy atom. The molecule has 0 aromatic heterocycles. The lowest BCUT2D eigenvalue weighted by atomic mass is 9.82. The number of likely N-dealkylation sites (tertiary alicyclic amines) is 1. The standard InChI is InChI=1S/C19H25N3O3/c1-13-4-5-14(9-16(13)22-8-7-20-18(22)25)17(24)21-10-15-3-2-6-19(15,11-21)12-23/h4-5,9,15,23H,2-3,6-8,10-12H2,1H3,(H,20,25)/t15-,19+/m1/s1. The molecule has 134 valence electrons. The van der Waals surface area contributed by atoms with E-state index in [0.717, 1.165) is 37.1 Å². The van der Waals surface area contributed by atoms with Gasteiger partial charge < -0.3 is 15.3 Å². The summed E-state index contributed by atoms with van der Waals surface area (Å²) in [4.78, 5) is 28.6. The maximum absolute atomic E-state index is 13.0. The number of rotatable bonds is 3. The van der Waals surface area contributed by atoms with Gasteiger partial charge in [0.15, 0.2) is 0 Å². The van der Waals surface area contributed by atoms with Crippen molar-refractivity contribution < 1.29 is 14.7 Å². The molecule has 2 N–H and O–H groups in total. The topological polar surface area (TPSA) is 72.9 Å². The summed E-state index contributed by atoms with van der Waals surface area (Å²) in [5, 5.41) is 12.7. The average Bonchev–Trinajstić information content (AvgIpc) is 3.28. The zero-order chi connectivity index (χ0) is 17.6. The first-order valence-corrected chi connectivity index (χ1v) is 9.10. The van der Waals surface area contributed by atoms with E-state index in [1.54, 1.807) is 4.90 Å². The molecule has 3 fully saturated rings. The van der Waals surface area contributed by atoms with Crippen molar-refractivity contribution in [2.45, 2.75) is 26.2 Å². The van der Waals surface area contributed by atoms with Crippen LogP contribution in [0, 0.1) is 18.3 Å². The number of aliphatic hydroxyl groups is 1. The van der Waals surface area contributed by atoms with Gasteiger partial charge in [0.25, 0.3) is 5.91 Å². The number of nitrogens with zero attached hydrogens (tertiary/aromatic N) is 2. The molecule has 1 aliphatic carbocycles. The van der Waals surface area contributed by atoms with Crippen molar-refractivity contribution in [3.63, 3.8) is 0 Å². The lowest BCUT2D eigenvalue weighted by Gasteiger charge is -2.26. The van der Waals surface area contributed by atoms with Gasteiger partial charge in [0, 0.05) is 42.8 Å². The number of hydrogen-bond acceptors (Lipinski definition) is 3. The van der Waals surface area contributed by atoms with Crippen molar-refractivity contribution >= 4 is 17.6 Å². The van der Waals surface area contributed by atoms with Gasteiger partial charge in [-0.1, -0.05) is 12.5 Å². The van der Waals surface area contributed by atoms with Gasteiger partial charge in [-0.25, -0.2) is 4.79 Å². The summed E-state index contributed by atoms with van der Waals surface area (Å²) in [6.45, 7) is 4.73. The molecule has 1 aromatic carbocycles. The number of anilines is 1. The molecule has 2 heterocycles. The predicted octanol–water partition coefficient (Wildman–Crippen LogP) is 1.76. The van der Waals surface area contributed by atoms with Gasteiger partial charge in [-0.05, 0) is 43.4 Å². The number of amides is 3. The van der Waals surface area contributed by atoms with E-state index >= 15 is 0 Å². The number of benzene rings is 1. The van der Waals surface area contributed by atoms with Gasteiger partial charge in [0.05, 0.1) is 6.61 Å². The number of aryl methyl sites for hydroxylation is 1. The Hall–Kier alpha value is -2.08. The Bertz CT molecular complexity index is 720. The zero-order valence-electron chi connectivity index (χ0n) is 14.6. The van der Waals surface area contributed by atoms with E-state index in [1.807, 2.05) is 30.0 Å². The second-order valence-electron chi connectivity index (χ2n) is 7.68. The van der Waals surface area contributed by atoms with Crippen molar-refractivity contribution in [1.29, 1.82) is 0 Å². The van der Waals surface area contributed by atoms with Crippen LogP contribution in [-0.2, 0) is 0 Å². The predicted molar refractivity (Wildman–Crippen MR) is 94.7 cm³/mol. The molecule has 6 heteroatoms. The SMILES string of the molecule is Cc1ccc(C(=O)N2C[C@H]3CCC[C@@]3(CO)C2)cc1N1CCNC1=O. The maximum Gasteiger partial charge on any atom is 0.322 e. The minimum Gasteiger partial charge on any atom is -0.396 e. The van der Waals surface area contributed by atoms with Crippen molar-refractivity contribution in [3.05, 3.63) is 29.3 Å². The summed E-state index contributed by atoms with van der Waals surface area (Å²) in [6.07, 6.45) is 3.24. The molecule has 2 aliphatic heterocycles. The van der Waals surface area contributed by atoms with Gasteiger partial charge in [0.1, 0.15) is 0 Å². The van der Waals surface area contributed by atoms with Crippen molar-refractivity contribution in [2.75, 3.05) is 37.7 Å².